The van der Waals surface area contributed by atoms with E-state index in [1.54, 1.807) is 19.1 Å². The van der Waals surface area contributed by atoms with E-state index in [0.717, 1.165) is 17.1 Å². The maximum atomic E-state index is 14.1. The Morgan fingerprint density at radius 1 is 1.03 bits per heavy atom. The van der Waals surface area contributed by atoms with Crippen LogP contribution < -0.4 is 10.6 Å². The first-order chi connectivity index (χ1) is 14.0. The maximum absolute atomic E-state index is 14.1. The van der Waals surface area contributed by atoms with Crippen molar-refractivity contribution in [3.63, 3.8) is 0 Å². The summed E-state index contributed by atoms with van der Waals surface area (Å²) in [5.74, 6) is 0.971. The molecule has 2 aromatic carbocycles. The van der Waals surface area contributed by atoms with Gasteiger partial charge in [-0.3, -0.25) is 9.59 Å². The Labute approximate surface area is 172 Å². The number of rotatable bonds is 7. The molecule has 1 aromatic heterocycles. The lowest BCUT2D eigenvalue weighted by Gasteiger charge is -2.10. The molecule has 3 aromatic rings. The number of nitrogens with one attached hydrogen (secondary N) is 2. The first-order valence-corrected chi connectivity index (χ1v) is 10.3. The second-order valence-corrected chi connectivity index (χ2v) is 7.60. The molecule has 0 fully saturated rings. The molecule has 5 nitrogen and oxygen atoms in total. The Bertz CT molecular complexity index is 1020. The largest absolute Gasteiger partial charge is 0.469 e. The van der Waals surface area contributed by atoms with Crippen molar-refractivity contribution < 1.29 is 18.4 Å². The average molecular weight is 412 g/mol. The lowest BCUT2D eigenvalue weighted by atomic mass is 10.1. The van der Waals surface area contributed by atoms with Gasteiger partial charge in [-0.2, -0.15) is 11.8 Å². The molecule has 0 aliphatic heterocycles. The minimum absolute atomic E-state index is 0.0275. The van der Waals surface area contributed by atoms with Crippen LogP contribution in [0.2, 0.25) is 0 Å². The van der Waals surface area contributed by atoms with Gasteiger partial charge in [0.1, 0.15) is 11.6 Å². The summed E-state index contributed by atoms with van der Waals surface area (Å²) in [6.07, 6.45) is 1.39. The van der Waals surface area contributed by atoms with Gasteiger partial charge in [-0.1, -0.05) is 19.1 Å². The molecule has 2 amide bonds. The van der Waals surface area contributed by atoms with Crippen molar-refractivity contribution in [2.45, 2.75) is 19.6 Å². The Morgan fingerprint density at radius 2 is 1.79 bits per heavy atom. The SMILES string of the molecule is CCSCc1ccc(C(=O)Nc2ccc(F)c(NC(=O)c3ccoc3C)c2)cc1. The van der Waals surface area contributed by atoms with Crippen LogP contribution in [-0.4, -0.2) is 17.6 Å². The van der Waals surface area contributed by atoms with Gasteiger partial charge in [0.2, 0.25) is 0 Å². The third-order valence-corrected chi connectivity index (χ3v) is 5.21. The number of hydrogen-bond donors (Lipinski definition) is 2. The van der Waals surface area contributed by atoms with E-state index < -0.39 is 11.7 Å². The van der Waals surface area contributed by atoms with Gasteiger partial charge in [-0.05, 0) is 54.6 Å². The number of benzene rings is 2. The molecule has 0 aliphatic rings. The van der Waals surface area contributed by atoms with Crippen molar-refractivity contribution in [2.24, 2.45) is 0 Å². The summed E-state index contributed by atoms with van der Waals surface area (Å²) in [7, 11) is 0. The van der Waals surface area contributed by atoms with Gasteiger partial charge in [0.05, 0.1) is 17.5 Å². The highest BCUT2D eigenvalue weighted by Gasteiger charge is 2.15. The Hall–Kier alpha value is -3.06. The molecule has 3 rings (SSSR count). The average Bonchev–Trinajstić information content (AvgIpc) is 3.15. The van der Waals surface area contributed by atoms with E-state index >= 15 is 0 Å². The zero-order chi connectivity index (χ0) is 20.8. The van der Waals surface area contributed by atoms with Crippen molar-refractivity contribution in [2.75, 3.05) is 16.4 Å². The molecule has 7 heteroatoms. The third kappa shape index (κ3) is 5.26. The number of hydrogen-bond acceptors (Lipinski definition) is 4. The molecule has 150 valence electrons. The van der Waals surface area contributed by atoms with E-state index in [1.165, 1.54) is 30.5 Å². The molecule has 0 atom stereocenters. The molecular formula is C22H21FN2O3S. The summed E-state index contributed by atoms with van der Waals surface area (Å²) in [6, 6.07) is 12.9. The van der Waals surface area contributed by atoms with Gasteiger partial charge in [-0.25, -0.2) is 4.39 Å². The van der Waals surface area contributed by atoms with Gasteiger partial charge < -0.3 is 15.1 Å². The number of halogens is 1. The first-order valence-electron chi connectivity index (χ1n) is 9.11. The standard InChI is InChI=1S/C22H21FN2O3S/c1-3-29-13-15-4-6-16(7-5-15)21(26)24-17-8-9-19(23)20(12-17)25-22(27)18-10-11-28-14(18)2/h4-12H,3,13H2,1-2H3,(H,24,26)(H,25,27). The molecule has 0 saturated carbocycles. The highest BCUT2D eigenvalue weighted by Crippen LogP contribution is 2.22. The van der Waals surface area contributed by atoms with E-state index in [9.17, 15) is 14.0 Å². The molecule has 0 unspecified atom stereocenters. The summed E-state index contributed by atoms with van der Waals surface area (Å²) < 4.78 is 19.2. The monoisotopic (exact) mass is 412 g/mol. The first kappa shape index (κ1) is 20.7. The fourth-order valence-electron chi connectivity index (χ4n) is 2.68. The maximum Gasteiger partial charge on any atom is 0.259 e. The topological polar surface area (TPSA) is 71.3 Å². The smallest absolute Gasteiger partial charge is 0.259 e. The Balaban J connectivity index is 1.70. The molecular weight excluding hydrogens is 391 g/mol. The van der Waals surface area contributed by atoms with Crippen LogP contribution in [0.15, 0.2) is 59.2 Å². The molecule has 29 heavy (non-hydrogen) atoms. The lowest BCUT2D eigenvalue weighted by Crippen LogP contribution is -2.15. The highest BCUT2D eigenvalue weighted by atomic mass is 32.2. The van der Waals surface area contributed by atoms with Crippen LogP contribution in [0.1, 0.15) is 39.0 Å². The minimum atomic E-state index is -0.602. The van der Waals surface area contributed by atoms with E-state index in [2.05, 4.69) is 17.6 Å². The molecule has 0 radical (unpaired) electrons. The van der Waals surface area contributed by atoms with Crippen LogP contribution in [-0.2, 0) is 5.75 Å². The van der Waals surface area contributed by atoms with Crippen molar-refractivity contribution in [3.8, 4) is 0 Å². The number of anilines is 2. The van der Waals surface area contributed by atoms with Crippen molar-refractivity contribution in [1.82, 2.24) is 0 Å². The summed E-state index contributed by atoms with van der Waals surface area (Å²) in [5.41, 5.74) is 2.32. The predicted molar refractivity (Wildman–Crippen MR) is 114 cm³/mol. The number of amides is 2. The van der Waals surface area contributed by atoms with Gasteiger partial charge in [-0.15, -0.1) is 0 Å². The molecule has 0 aliphatic carbocycles. The van der Waals surface area contributed by atoms with Crippen molar-refractivity contribution >= 4 is 35.0 Å². The van der Waals surface area contributed by atoms with E-state index in [-0.39, 0.29) is 11.6 Å². The highest BCUT2D eigenvalue weighted by molar-refractivity contribution is 7.98. The third-order valence-electron chi connectivity index (χ3n) is 4.26. The zero-order valence-electron chi connectivity index (χ0n) is 16.1. The summed E-state index contributed by atoms with van der Waals surface area (Å²) >= 11 is 1.81. The number of carbonyl (C=O) groups is 2. The summed E-state index contributed by atoms with van der Waals surface area (Å²) in [6.45, 7) is 3.75. The van der Waals surface area contributed by atoms with Crippen molar-refractivity contribution in [3.05, 3.63) is 83.1 Å². The van der Waals surface area contributed by atoms with Crippen LogP contribution >= 0.6 is 11.8 Å². The Kier molecular flexibility index (Phi) is 6.72. The normalized spacial score (nSPS) is 10.6. The summed E-state index contributed by atoms with van der Waals surface area (Å²) in [4.78, 5) is 24.8. The molecule has 0 saturated heterocycles. The van der Waals surface area contributed by atoms with Crippen LogP contribution in [0.3, 0.4) is 0 Å². The fourth-order valence-corrected chi connectivity index (χ4v) is 3.32. The van der Waals surface area contributed by atoms with Crippen LogP contribution in [0.4, 0.5) is 15.8 Å². The predicted octanol–water partition coefficient (Wildman–Crippen LogP) is 5.48. The fraction of sp³-hybridized carbons (Fsp3) is 0.182. The molecule has 0 bridgehead atoms. The van der Waals surface area contributed by atoms with Crippen LogP contribution in [0, 0.1) is 12.7 Å². The number of carbonyl (C=O) groups excluding carboxylic acids is 2. The van der Waals surface area contributed by atoms with Gasteiger partial charge in [0.15, 0.2) is 0 Å². The van der Waals surface area contributed by atoms with Crippen molar-refractivity contribution in [1.29, 1.82) is 0 Å². The minimum Gasteiger partial charge on any atom is -0.469 e. The van der Waals surface area contributed by atoms with E-state index in [4.69, 9.17) is 4.42 Å². The second-order valence-electron chi connectivity index (χ2n) is 6.33. The molecule has 1 heterocycles. The van der Waals surface area contributed by atoms with Crippen LogP contribution in [0.5, 0.6) is 0 Å². The number of furan rings is 1. The van der Waals surface area contributed by atoms with E-state index in [0.29, 0.717) is 22.6 Å². The second kappa shape index (κ2) is 9.43. The zero-order valence-corrected chi connectivity index (χ0v) is 16.9. The van der Waals surface area contributed by atoms with Crippen LogP contribution in [0.25, 0.3) is 0 Å². The van der Waals surface area contributed by atoms with Gasteiger partial charge >= 0.3 is 0 Å². The van der Waals surface area contributed by atoms with Gasteiger partial charge in [0, 0.05) is 17.0 Å². The quantitative estimate of drug-likeness (QED) is 0.539. The Morgan fingerprint density at radius 3 is 2.45 bits per heavy atom. The van der Waals surface area contributed by atoms with Gasteiger partial charge in [0.25, 0.3) is 11.8 Å². The van der Waals surface area contributed by atoms with E-state index in [1.807, 2.05) is 23.9 Å². The lowest BCUT2D eigenvalue weighted by molar-refractivity contribution is 0.101. The molecule has 2 N–H and O–H groups in total. The number of thioether (sulfide) groups is 1. The number of aryl methyl sites for hydroxylation is 1. The molecule has 0 spiro atoms. The summed E-state index contributed by atoms with van der Waals surface area (Å²) in [5, 5.41) is 5.23.